The van der Waals surface area contributed by atoms with Crippen LogP contribution in [0.25, 0.3) is 0 Å². The van der Waals surface area contributed by atoms with Crippen molar-refractivity contribution in [3.05, 3.63) is 43.8 Å². The number of rotatable bonds is 9. The molecule has 0 aliphatic rings. The van der Waals surface area contributed by atoms with Crippen LogP contribution in [0.2, 0.25) is 0 Å². The van der Waals surface area contributed by atoms with Crippen molar-refractivity contribution in [2.24, 2.45) is 0 Å². The number of hydrogen-bond donors (Lipinski definition) is 6. The summed E-state index contributed by atoms with van der Waals surface area (Å²) in [5.74, 6) is 0. The van der Waals surface area contributed by atoms with Crippen LogP contribution >= 0.6 is 22.7 Å². The minimum atomic E-state index is -1.11. The van der Waals surface area contributed by atoms with E-state index in [0.717, 1.165) is 0 Å². The summed E-state index contributed by atoms with van der Waals surface area (Å²) in [6.45, 7) is 3.26. The summed E-state index contributed by atoms with van der Waals surface area (Å²) in [6.07, 6.45) is -5.45. The lowest BCUT2D eigenvalue weighted by molar-refractivity contribution is -0.0182. The van der Waals surface area contributed by atoms with Gasteiger partial charge in [0, 0.05) is 19.5 Å². The van der Waals surface area contributed by atoms with E-state index in [0.29, 0.717) is 19.5 Å². The highest BCUT2D eigenvalue weighted by atomic mass is 32.1. The zero-order valence-electron chi connectivity index (χ0n) is 14.7. The summed E-state index contributed by atoms with van der Waals surface area (Å²) in [4.78, 5) is 2.49. The van der Waals surface area contributed by atoms with Crippen LogP contribution in [-0.4, -0.2) is 42.8 Å². The van der Waals surface area contributed by atoms with Crippen molar-refractivity contribution >= 4 is 22.7 Å². The van der Waals surface area contributed by atoms with Crippen LogP contribution in [0.4, 0.5) is 0 Å². The van der Waals surface area contributed by atoms with Gasteiger partial charge in [-0.3, -0.25) is 0 Å². The lowest BCUT2D eigenvalue weighted by atomic mass is 10.0. The molecule has 0 aromatic carbocycles. The van der Waals surface area contributed by atoms with Gasteiger partial charge in [0.05, 0.1) is 24.4 Å². The summed E-state index contributed by atoms with van der Waals surface area (Å²) in [7, 11) is 0. The molecule has 0 radical (unpaired) electrons. The third-order valence-electron chi connectivity index (χ3n) is 4.19. The molecule has 0 fully saturated rings. The van der Waals surface area contributed by atoms with Crippen molar-refractivity contribution in [1.29, 1.82) is 0 Å². The van der Waals surface area contributed by atoms with E-state index in [1.807, 2.05) is 0 Å². The third-order valence-corrected chi connectivity index (χ3v) is 6.84. The van der Waals surface area contributed by atoms with Crippen LogP contribution in [-0.2, 0) is 0 Å². The van der Waals surface area contributed by atoms with Gasteiger partial charge in [-0.2, -0.15) is 0 Å². The van der Waals surface area contributed by atoms with Crippen molar-refractivity contribution in [3.63, 3.8) is 0 Å². The van der Waals surface area contributed by atoms with E-state index in [9.17, 15) is 30.6 Å². The first-order valence-electron chi connectivity index (χ1n) is 8.48. The second kappa shape index (κ2) is 9.38. The van der Waals surface area contributed by atoms with Gasteiger partial charge in [-0.15, -0.1) is 22.7 Å². The molecule has 0 saturated carbocycles. The van der Waals surface area contributed by atoms with Gasteiger partial charge < -0.3 is 30.6 Å². The van der Waals surface area contributed by atoms with Crippen molar-refractivity contribution in [2.45, 2.75) is 63.3 Å². The van der Waals surface area contributed by atoms with Crippen molar-refractivity contribution in [1.82, 2.24) is 0 Å². The Hall–Kier alpha value is -0.840. The SMILES string of the molecule is CC(O)c1ccc(C(O)C(O)CCC(O)C(O)c2ccc(C(C)O)s2)s1. The molecule has 6 N–H and O–H groups in total. The second-order valence-corrected chi connectivity index (χ2v) is 8.73. The van der Waals surface area contributed by atoms with E-state index in [-0.39, 0.29) is 12.8 Å². The fraction of sp³-hybridized carbons (Fsp3) is 0.556. The Labute approximate surface area is 160 Å². The van der Waals surface area contributed by atoms with E-state index in [1.165, 1.54) is 22.7 Å². The van der Waals surface area contributed by atoms with Crippen LogP contribution in [0, 0.1) is 0 Å². The Morgan fingerprint density at radius 1 is 0.615 bits per heavy atom. The normalized spacial score (nSPS) is 18.9. The van der Waals surface area contributed by atoms with E-state index in [1.54, 1.807) is 38.1 Å². The van der Waals surface area contributed by atoms with Crippen LogP contribution in [0.5, 0.6) is 0 Å². The number of aliphatic hydroxyl groups is 6. The first-order chi connectivity index (χ1) is 12.2. The molecule has 2 heterocycles. The van der Waals surface area contributed by atoms with Crippen LogP contribution in [0.15, 0.2) is 24.3 Å². The molecule has 146 valence electrons. The van der Waals surface area contributed by atoms with E-state index in [2.05, 4.69) is 0 Å². The maximum absolute atomic E-state index is 10.2. The van der Waals surface area contributed by atoms with Crippen LogP contribution in [0.1, 0.15) is 70.6 Å². The highest BCUT2D eigenvalue weighted by Crippen LogP contribution is 2.33. The van der Waals surface area contributed by atoms with E-state index in [4.69, 9.17) is 0 Å². The summed E-state index contributed by atoms with van der Waals surface area (Å²) < 4.78 is 0. The van der Waals surface area contributed by atoms with Gasteiger partial charge in [-0.1, -0.05) is 0 Å². The third kappa shape index (κ3) is 5.34. The lowest BCUT2D eigenvalue weighted by Crippen LogP contribution is -2.23. The second-order valence-electron chi connectivity index (χ2n) is 6.43. The Balaban J connectivity index is 1.89. The Morgan fingerprint density at radius 3 is 1.19 bits per heavy atom. The molecule has 0 bridgehead atoms. The standard InChI is InChI=1S/C18H26O6S2/c1-9(19)13-5-7-15(25-13)17(23)11(21)3-4-12(22)18(24)16-8-6-14(26-16)10(2)20/h5-12,17-24H,3-4H2,1-2H3. The van der Waals surface area contributed by atoms with Gasteiger partial charge in [0.15, 0.2) is 0 Å². The predicted octanol–water partition coefficient (Wildman–Crippen LogP) is 2.19. The van der Waals surface area contributed by atoms with Gasteiger partial charge in [-0.05, 0) is 51.0 Å². The number of hydrogen-bond acceptors (Lipinski definition) is 8. The summed E-state index contributed by atoms with van der Waals surface area (Å²) in [5, 5.41) is 59.8. The molecule has 26 heavy (non-hydrogen) atoms. The molecule has 0 aliphatic heterocycles. The minimum absolute atomic E-state index is 0.107. The maximum Gasteiger partial charge on any atom is 0.114 e. The molecule has 6 atom stereocenters. The van der Waals surface area contributed by atoms with E-state index < -0.39 is 36.6 Å². The molecule has 0 aliphatic carbocycles. The highest BCUT2D eigenvalue weighted by molar-refractivity contribution is 7.12. The lowest BCUT2D eigenvalue weighted by Gasteiger charge is -2.21. The molecule has 2 rings (SSSR count). The van der Waals surface area contributed by atoms with E-state index >= 15 is 0 Å². The van der Waals surface area contributed by atoms with Crippen LogP contribution in [0.3, 0.4) is 0 Å². The topological polar surface area (TPSA) is 121 Å². The first-order valence-corrected chi connectivity index (χ1v) is 10.1. The monoisotopic (exact) mass is 402 g/mol. The fourth-order valence-corrected chi connectivity index (χ4v) is 4.53. The van der Waals surface area contributed by atoms with Gasteiger partial charge in [0.1, 0.15) is 12.2 Å². The van der Waals surface area contributed by atoms with Gasteiger partial charge in [0.25, 0.3) is 0 Å². The zero-order chi connectivity index (χ0) is 19.4. The Kier molecular flexibility index (Phi) is 7.75. The number of aliphatic hydroxyl groups excluding tert-OH is 6. The average Bonchev–Trinajstić information content (AvgIpc) is 3.27. The molecule has 8 heteroatoms. The van der Waals surface area contributed by atoms with Gasteiger partial charge >= 0.3 is 0 Å². The minimum Gasteiger partial charge on any atom is -0.390 e. The van der Waals surface area contributed by atoms with Crippen molar-refractivity contribution in [3.8, 4) is 0 Å². The molecule has 6 nitrogen and oxygen atoms in total. The van der Waals surface area contributed by atoms with Crippen molar-refractivity contribution < 1.29 is 30.6 Å². The smallest absolute Gasteiger partial charge is 0.114 e. The summed E-state index contributed by atoms with van der Waals surface area (Å²) in [5.41, 5.74) is 0. The molecular weight excluding hydrogens is 376 g/mol. The van der Waals surface area contributed by atoms with Gasteiger partial charge in [-0.25, -0.2) is 0 Å². The number of thiophene rings is 2. The Bertz CT molecular complexity index is 623. The molecule has 0 saturated heterocycles. The largest absolute Gasteiger partial charge is 0.390 e. The molecular formula is C18H26O6S2. The Morgan fingerprint density at radius 2 is 0.923 bits per heavy atom. The molecule has 6 unspecified atom stereocenters. The molecule has 2 aromatic rings. The first kappa shape index (κ1) is 21.5. The maximum atomic E-state index is 10.2. The zero-order valence-corrected chi connectivity index (χ0v) is 16.3. The highest BCUT2D eigenvalue weighted by Gasteiger charge is 2.25. The quantitative estimate of drug-likeness (QED) is 0.382. The fourth-order valence-electron chi connectivity index (χ4n) is 2.54. The molecule has 0 spiro atoms. The van der Waals surface area contributed by atoms with Crippen molar-refractivity contribution in [2.75, 3.05) is 0 Å². The summed E-state index contributed by atoms with van der Waals surface area (Å²) >= 11 is 2.45. The molecule has 0 amide bonds. The van der Waals surface area contributed by atoms with Gasteiger partial charge in [0.2, 0.25) is 0 Å². The predicted molar refractivity (Wildman–Crippen MR) is 101 cm³/mol. The molecule has 2 aromatic heterocycles. The van der Waals surface area contributed by atoms with Crippen LogP contribution < -0.4 is 0 Å². The average molecular weight is 403 g/mol. The summed E-state index contributed by atoms with van der Waals surface area (Å²) in [6, 6.07) is 6.73.